The summed E-state index contributed by atoms with van der Waals surface area (Å²) >= 11 is 0. The van der Waals surface area contributed by atoms with Gasteiger partial charge >= 0.3 is 6.03 Å². The first-order chi connectivity index (χ1) is 9.16. The Kier molecular flexibility index (Phi) is 3.67. The number of aromatic nitrogens is 2. The molecule has 3 amide bonds. The number of para-hydroxylation sites is 1. The van der Waals surface area contributed by atoms with Crippen LogP contribution in [-0.2, 0) is 0 Å². The van der Waals surface area contributed by atoms with Crippen LogP contribution in [0.3, 0.4) is 0 Å². The summed E-state index contributed by atoms with van der Waals surface area (Å²) in [5.74, 6) is -0.340. The van der Waals surface area contributed by atoms with E-state index >= 15 is 0 Å². The number of hydrogen-bond acceptors (Lipinski definition) is 5. The lowest BCUT2D eigenvalue weighted by atomic mass is 10.2. The van der Waals surface area contributed by atoms with Gasteiger partial charge in [-0.2, -0.15) is 0 Å². The molecule has 0 bridgehead atoms. The maximum absolute atomic E-state index is 11.8. The van der Waals surface area contributed by atoms with Crippen LogP contribution in [0.25, 0.3) is 0 Å². The number of amides is 3. The molecule has 0 aliphatic heterocycles. The van der Waals surface area contributed by atoms with Gasteiger partial charge in [0.05, 0.1) is 11.8 Å². The predicted molar refractivity (Wildman–Crippen MR) is 69.4 cm³/mol. The highest BCUT2D eigenvalue weighted by atomic mass is 16.2. The van der Waals surface area contributed by atoms with Gasteiger partial charge in [-0.3, -0.25) is 20.4 Å². The number of nitrogens with one attached hydrogen (secondary N) is 2. The quantitative estimate of drug-likeness (QED) is 0.696. The molecule has 1 aromatic carbocycles. The Morgan fingerprint density at radius 2 is 1.95 bits per heavy atom. The van der Waals surface area contributed by atoms with Gasteiger partial charge in [0.25, 0.3) is 5.91 Å². The van der Waals surface area contributed by atoms with E-state index in [1.54, 1.807) is 18.2 Å². The largest absolute Gasteiger partial charge is 0.398 e. The molecule has 0 saturated heterocycles. The molecule has 0 aliphatic rings. The van der Waals surface area contributed by atoms with E-state index in [-0.39, 0.29) is 11.4 Å². The van der Waals surface area contributed by atoms with Crippen LogP contribution in [0.1, 0.15) is 10.4 Å². The summed E-state index contributed by atoms with van der Waals surface area (Å²) < 4.78 is 0. The first-order valence-corrected chi connectivity index (χ1v) is 5.39. The Morgan fingerprint density at radius 3 is 2.63 bits per heavy atom. The van der Waals surface area contributed by atoms with E-state index in [0.29, 0.717) is 5.69 Å². The summed E-state index contributed by atoms with van der Waals surface area (Å²) in [6.07, 6.45) is 4.26. The maximum Gasteiger partial charge on any atom is 0.327 e. The average molecular weight is 257 g/mol. The van der Waals surface area contributed by atoms with Crippen molar-refractivity contribution in [1.29, 1.82) is 0 Å². The van der Waals surface area contributed by atoms with Crippen molar-refractivity contribution in [3.8, 4) is 0 Å². The van der Waals surface area contributed by atoms with Crippen LogP contribution in [0, 0.1) is 0 Å². The van der Waals surface area contributed by atoms with Gasteiger partial charge in [-0.15, -0.1) is 0 Å². The second-order valence-electron chi connectivity index (χ2n) is 3.59. The van der Waals surface area contributed by atoms with Gasteiger partial charge in [0.1, 0.15) is 0 Å². The number of anilines is 2. The van der Waals surface area contributed by atoms with Gasteiger partial charge in [0, 0.05) is 18.1 Å². The molecule has 0 aliphatic carbocycles. The summed E-state index contributed by atoms with van der Waals surface area (Å²) in [7, 11) is 0. The van der Waals surface area contributed by atoms with Crippen molar-refractivity contribution in [3.63, 3.8) is 0 Å². The number of benzene rings is 1. The number of hydrogen-bond donors (Lipinski definition) is 3. The molecule has 2 aromatic rings. The standard InChI is InChI=1S/C12H11N5O2/c13-9-4-2-1-3-8(9)11(18)17-12(19)16-10-7-14-5-6-15-10/h1-7H,13H2,(H2,15,16,17,18,19). The Balaban J connectivity index is 2.00. The molecule has 4 N–H and O–H groups in total. The Bertz CT molecular complexity index is 600. The highest BCUT2D eigenvalue weighted by Gasteiger charge is 2.12. The normalized spacial score (nSPS) is 9.68. The van der Waals surface area contributed by atoms with Crippen molar-refractivity contribution in [2.24, 2.45) is 0 Å². The second kappa shape index (κ2) is 5.58. The van der Waals surface area contributed by atoms with Crippen LogP contribution < -0.4 is 16.4 Å². The van der Waals surface area contributed by atoms with E-state index < -0.39 is 11.9 Å². The Labute approximate surface area is 108 Å². The van der Waals surface area contributed by atoms with Gasteiger partial charge in [-0.25, -0.2) is 9.78 Å². The topological polar surface area (TPSA) is 110 Å². The third-order valence-corrected chi connectivity index (χ3v) is 2.24. The number of nitrogen functional groups attached to an aromatic ring is 1. The molecule has 2 rings (SSSR count). The van der Waals surface area contributed by atoms with Crippen LogP contribution in [0.5, 0.6) is 0 Å². The minimum absolute atomic E-state index is 0.233. The third kappa shape index (κ3) is 3.25. The minimum Gasteiger partial charge on any atom is -0.398 e. The fourth-order valence-corrected chi connectivity index (χ4v) is 1.39. The monoisotopic (exact) mass is 257 g/mol. The van der Waals surface area contributed by atoms with Gasteiger partial charge < -0.3 is 5.73 Å². The number of imide groups is 1. The molecule has 0 fully saturated rings. The van der Waals surface area contributed by atoms with E-state index in [1.165, 1.54) is 24.7 Å². The lowest BCUT2D eigenvalue weighted by Gasteiger charge is -2.07. The van der Waals surface area contributed by atoms with Crippen LogP contribution in [0.4, 0.5) is 16.3 Å². The van der Waals surface area contributed by atoms with Crippen molar-refractivity contribution in [3.05, 3.63) is 48.4 Å². The van der Waals surface area contributed by atoms with Crippen molar-refractivity contribution >= 4 is 23.4 Å². The molecule has 0 atom stereocenters. The van der Waals surface area contributed by atoms with E-state index in [4.69, 9.17) is 5.73 Å². The van der Waals surface area contributed by atoms with Crippen molar-refractivity contribution in [1.82, 2.24) is 15.3 Å². The molecule has 0 unspecified atom stereocenters. The molecule has 0 spiro atoms. The molecule has 7 nitrogen and oxygen atoms in total. The number of carbonyl (C=O) groups is 2. The third-order valence-electron chi connectivity index (χ3n) is 2.24. The smallest absolute Gasteiger partial charge is 0.327 e. The molecule has 0 saturated carbocycles. The molecule has 7 heteroatoms. The summed E-state index contributed by atoms with van der Waals surface area (Å²) in [5.41, 5.74) is 6.17. The van der Waals surface area contributed by atoms with Gasteiger partial charge in [0.2, 0.25) is 0 Å². The van der Waals surface area contributed by atoms with E-state index in [2.05, 4.69) is 20.6 Å². The first-order valence-electron chi connectivity index (χ1n) is 5.39. The molecule has 1 heterocycles. The average Bonchev–Trinajstić information content (AvgIpc) is 2.40. The highest BCUT2D eigenvalue weighted by Crippen LogP contribution is 2.09. The Hall–Kier alpha value is -2.96. The van der Waals surface area contributed by atoms with Gasteiger partial charge in [-0.05, 0) is 12.1 Å². The predicted octanol–water partition coefficient (Wildman–Crippen LogP) is 1.02. The molecule has 0 radical (unpaired) electrons. The SMILES string of the molecule is Nc1ccccc1C(=O)NC(=O)Nc1cnccn1. The Morgan fingerprint density at radius 1 is 1.16 bits per heavy atom. The first kappa shape index (κ1) is 12.5. The summed E-state index contributed by atoms with van der Waals surface area (Å²) in [4.78, 5) is 31.0. The van der Waals surface area contributed by atoms with Crippen LogP contribution in [-0.4, -0.2) is 21.9 Å². The molecular weight excluding hydrogens is 246 g/mol. The molecular formula is C12H11N5O2. The zero-order chi connectivity index (χ0) is 13.7. The number of rotatable bonds is 2. The molecule has 19 heavy (non-hydrogen) atoms. The summed E-state index contributed by atoms with van der Waals surface area (Å²) in [6, 6.07) is 5.77. The molecule has 96 valence electrons. The van der Waals surface area contributed by atoms with E-state index in [0.717, 1.165) is 0 Å². The van der Waals surface area contributed by atoms with Gasteiger partial charge in [-0.1, -0.05) is 12.1 Å². The zero-order valence-corrected chi connectivity index (χ0v) is 9.83. The second-order valence-corrected chi connectivity index (χ2v) is 3.59. The zero-order valence-electron chi connectivity index (χ0n) is 9.83. The number of carbonyl (C=O) groups excluding carboxylic acids is 2. The van der Waals surface area contributed by atoms with Crippen LogP contribution in [0.2, 0.25) is 0 Å². The summed E-state index contributed by atoms with van der Waals surface area (Å²) in [5, 5.41) is 4.53. The minimum atomic E-state index is -0.700. The fourth-order valence-electron chi connectivity index (χ4n) is 1.39. The van der Waals surface area contributed by atoms with Crippen LogP contribution >= 0.6 is 0 Å². The van der Waals surface area contributed by atoms with E-state index in [9.17, 15) is 9.59 Å². The maximum atomic E-state index is 11.8. The van der Waals surface area contributed by atoms with Gasteiger partial charge in [0.15, 0.2) is 5.82 Å². The van der Waals surface area contributed by atoms with Crippen molar-refractivity contribution in [2.45, 2.75) is 0 Å². The van der Waals surface area contributed by atoms with Crippen molar-refractivity contribution < 1.29 is 9.59 Å². The lowest BCUT2D eigenvalue weighted by molar-refractivity contribution is 0.0968. The number of nitrogens with zero attached hydrogens (tertiary/aromatic N) is 2. The number of urea groups is 1. The lowest BCUT2D eigenvalue weighted by Crippen LogP contribution is -2.34. The number of nitrogens with two attached hydrogens (primary N) is 1. The van der Waals surface area contributed by atoms with Crippen LogP contribution in [0.15, 0.2) is 42.9 Å². The molecule has 1 aromatic heterocycles. The highest BCUT2D eigenvalue weighted by molar-refractivity contribution is 6.09. The van der Waals surface area contributed by atoms with E-state index in [1.807, 2.05) is 0 Å². The van der Waals surface area contributed by atoms with Crippen molar-refractivity contribution in [2.75, 3.05) is 11.1 Å². The fraction of sp³-hybridized carbons (Fsp3) is 0. The summed E-state index contributed by atoms with van der Waals surface area (Å²) in [6.45, 7) is 0.